The molecule has 4 fully saturated rings. The molecule has 1 atom stereocenters. The van der Waals surface area contributed by atoms with Crippen molar-refractivity contribution in [1.82, 2.24) is 19.0 Å². The molecule has 28 heavy (non-hydrogen) atoms. The molecule has 0 spiro atoms. The fourth-order valence-corrected chi connectivity index (χ4v) is 6.65. The van der Waals surface area contributed by atoms with Gasteiger partial charge < -0.3 is 5.11 Å². The number of aliphatic hydroxyl groups is 1. The van der Waals surface area contributed by atoms with Gasteiger partial charge in [0, 0.05) is 71.0 Å². The third-order valence-electron chi connectivity index (χ3n) is 7.40. The lowest BCUT2D eigenvalue weighted by molar-refractivity contribution is -0.0740. The summed E-state index contributed by atoms with van der Waals surface area (Å²) in [7, 11) is -3.22. The van der Waals surface area contributed by atoms with Crippen LogP contribution >= 0.6 is 0 Å². The van der Waals surface area contributed by atoms with Crippen molar-refractivity contribution >= 4 is 10.0 Å². The van der Waals surface area contributed by atoms with Crippen LogP contribution < -0.4 is 0 Å². The Morgan fingerprint density at radius 3 is 2.11 bits per heavy atom. The molecule has 3 aliphatic heterocycles. The predicted octanol–water partition coefficient (Wildman–Crippen LogP) is 0.407. The molecule has 1 saturated carbocycles. The van der Waals surface area contributed by atoms with Crippen LogP contribution in [0.25, 0.3) is 0 Å². The number of β-amino-alcohol motifs (C(OH)–C–C–N with tert-alkyl or cyclic N) is 1. The van der Waals surface area contributed by atoms with Crippen LogP contribution in [-0.4, -0.2) is 115 Å². The van der Waals surface area contributed by atoms with Crippen LogP contribution in [-0.2, 0) is 10.0 Å². The summed E-state index contributed by atoms with van der Waals surface area (Å²) in [5.74, 6) is 0. The maximum Gasteiger partial charge on any atom is 0.211 e. The van der Waals surface area contributed by atoms with Gasteiger partial charge in [-0.05, 0) is 25.7 Å². The minimum Gasteiger partial charge on any atom is -0.387 e. The summed E-state index contributed by atoms with van der Waals surface area (Å²) in [6, 6.07) is 1.43. The van der Waals surface area contributed by atoms with Crippen molar-refractivity contribution in [2.24, 2.45) is 0 Å². The molecule has 0 aromatic heterocycles. The van der Waals surface area contributed by atoms with Crippen LogP contribution in [0.2, 0.25) is 0 Å². The van der Waals surface area contributed by atoms with E-state index in [9.17, 15) is 13.5 Å². The number of hydrogen-bond acceptors (Lipinski definition) is 6. The topological polar surface area (TPSA) is 67.3 Å². The van der Waals surface area contributed by atoms with Gasteiger partial charge in [-0.3, -0.25) is 14.7 Å². The maximum absolute atomic E-state index is 11.8. The van der Waals surface area contributed by atoms with Crippen molar-refractivity contribution < 1.29 is 13.5 Å². The second-order valence-electron chi connectivity index (χ2n) is 9.64. The number of sulfonamides is 1. The van der Waals surface area contributed by atoms with Gasteiger partial charge in [0.15, 0.2) is 0 Å². The molecule has 8 heteroatoms. The molecular formula is C20H38N4O3S. The van der Waals surface area contributed by atoms with E-state index in [1.807, 2.05) is 0 Å². The highest BCUT2D eigenvalue weighted by atomic mass is 32.2. The highest BCUT2D eigenvalue weighted by Crippen LogP contribution is 2.28. The van der Waals surface area contributed by atoms with Crippen molar-refractivity contribution in [3.8, 4) is 0 Å². The van der Waals surface area contributed by atoms with E-state index in [-0.39, 0.29) is 6.54 Å². The molecule has 0 amide bonds. The number of piperazine rings is 1. The minimum atomic E-state index is -3.22. The molecule has 1 aliphatic carbocycles. The SMILES string of the molecule is CS(=O)(=O)N1CCCC(O)(CN2CC(N3CCN(C4CCCCC4)CC3)C2)C1. The van der Waals surface area contributed by atoms with Crippen LogP contribution in [0.15, 0.2) is 0 Å². The second kappa shape index (κ2) is 8.47. The van der Waals surface area contributed by atoms with Crippen molar-refractivity contribution in [3.05, 3.63) is 0 Å². The largest absolute Gasteiger partial charge is 0.387 e. The number of piperidine rings is 1. The number of rotatable bonds is 5. The van der Waals surface area contributed by atoms with E-state index in [4.69, 9.17) is 0 Å². The first-order valence-corrected chi connectivity index (χ1v) is 13.1. The van der Waals surface area contributed by atoms with Crippen molar-refractivity contribution in [1.29, 1.82) is 0 Å². The first kappa shape index (κ1) is 21.0. The first-order chi connectivity index (χ1) is 13.3. The Morgan fingerprint density at radius 1 is 0.893 bits per heavy atom. The summed E-state index contributed by atoms with van der Waals surface area (Å²) in [6.45, 7) is 8.12. The predicted molar refractivity (Wildman–Crippen MR) is 111 cm³/mol. The molecule has 4 rings (SSSR count). The Kier molecular flexibility index (Phi) is 6.36. The number of hydrogen-bond donors (Lipinski definition) is 1. The molecule has 0 aromatic rings. The average Bonchev–Trinajstić information content (AvgIpc) is 2.65. The lowest BCUT2D eigenvalue weighted by Gasteiger charge is -2.51. The highest BCUT2D eigenvalue weighted by Gasteiger charge is 2.42. The van der Waals surface area contributed by atoms with Crippen LogP contribution in [0.3, 0.4) is 0 Å². The Hall–Kier alpha value is -0.250. The number of nitrogens with zero attached hydrogens (tertiary/aromatic N) is 4. The maximum atomic E-state index is 11.8. The minimum absolute atomic E-state index is 0.243. The lowest BCUT2D eigenvalue weighted by Crippen LogP contribution is -2.66. The second-order valence-corrected chi connectivity index (χ2v) is 11.6. The molecule has 1 unspecified atom stereocenters. The Balaban J connectivity index is 1.20. The van der Waals surface area contributed by atoms with E-state index < -0.39 is 15.6 Å². The quantitative estimate of drug-likeness (QED) is 0.703. The van der Waals surface area contributed by atoms with E-state index in [0.717, 1.165) is 25.6 Å². The van der Waals surface area contributed by atoms with E-state index in [2.05, 4.69) is 14.7 Å². The van der Waals surface area contributed by atoms with Gasteiger partial charge >= 0.3 is 0 Å². The number of likely N-dealkylation sites (tertiary alicyclic amines) is 1. The molecular weight excluding hydrogens is 376 g/mol. The van der Waals surface area contributed by atoms with Crippen LogP contribution in [0, 0.1) is 0 Å². The summed E-state index contributed by atoms with van der Waals surface area (Å²) in [5, 5.41) is 10.9. The molecule has 3 saturated heterocycles. The van der Waals surface area contributed by atoms with E-state index >= 15 is 0 Å². The fraction of sp³-hybridized carbons (Fsp3) is 1.00. The monoisotopic (exact) mass is 414 g/mol. The van der Waals surface area contributed by atoms with Gasteiger partial charge in [-0.25, -0.2) is 8.42 Å². The molecule has 0 aromatic carbocycles. The summed E-state index contributed by atoms with van der Waals surface area (Å²) in [6.07, 6.45) is 9.68. The zero-order chi connectivity index (χ0) is 19.8. The third-order valence-corrected chi connectivity index (χ3v) is 8.65. The molecule has 0 bridgehead atoms. The van der Waals surface area contributed by atoms with Crippen LogP contribution in [0.5, 0.6) is 0 Å². The summed E-state index contributed by atoms with van der Waals surface area (Å²) < 4.78 is 25.1. The van der Waals surface area contributed by atoms with E-state index in [1.165, 1.54) is 68.8 Å². The van der Waals surface area contributed by atoms with E-state index in [0.29, 0.717) is 25.6 Å². The smallest absolute Gasteiger partial charge is 0.211 e. The molecule has 3 heterocycles. The van der Waals surface area contributed by atoms with Gasteiger partial charge in [-0.2, -0.15) is 4.31 Å². The van der Waals surface area contributed by atoms with Gasteiger partial charge in [0.25, 0.3) is 0 Å². The van der Waals surface area contributed by atoms with Gasteiger partial charge in [0.2, 0.25) is 10.0 Å². The molecule has 4 aliphatic rings. The summed E-state index contributed by atoms with van der Waals surface area (Å²) in [4.78, 5) is 7.66. The molecule has 0 radical (unpaired) electrons. The van der Waals surface area contributed by atoms with Crippen LogP contribution in [0.1, 0.15) is 44.9 Å². The average molecular weight is 415 g/mol. The van der Waals surface area contributed by atoms with Crippen molar-refractivity contribution in [2.45, 2.75) is 62.6 Å². The van der Waals surface area contributed by atoms with E-state index in [1.54, 1.807) is 0 Å². The summed E-state index contributed by atoms with van der Waals surface area (Å²) >= 11 is 0. The van der Waals surface area contributed by atoms with Gasteiger partial charge in [0.05, 0.1) is 11.9 Å². The highest BCUT2D eigenvalue weighted by molar-refractivity contribution is 7.88. The summed E-state index contributed by atoms with van der Waals surface area (Å²) in [5.41, 5.74) is -0.897. The first-order valence-electron chi connectivity index (χ1n) is 11.2. The molecule has 162 valence electrons. The Labute approximate surface area is 170 Å². The van der Waals surface area contributed by atoms with Gasteiger partial charge in [-0.15, -0.1) is 0 Å². The normalized spacial score (nSPS) is 33.8. The fourth-order valence-electron chi connectivity index (χ4n) is 5.72. The lowest BCUT2D eigenvalue weighted by atomic mass is 9.91. The molecule has 7 nitrogen and oxygen atoms in total. The molecule has 1 N–H and O–H groups in total. The Morgan fingerprint density at radius 2 is 1.50 bits per heavy atom. The van der Waals surface area contributed by atoms with Crippen molar-refractivity contribution in [3.63, 3.8) is 0 Å². The zero-order valence-corrected chi connectivity index (χ0v) is 18.2. The standard InChI is InChI=1S/C20H38N4O3S/c1-28(26,27)24-9-5-8-20(25,17-24)16-21-14-19(15-21)23-12-10-22(11-13-23)18-6-3-2-4-7-18/h18-19,25H,2-17H2,1H3. The van der Waals surface area contributed by atoms with Crippen LogP contribution in [0.4, 0.5) is 0 Å². The third kappa shape index (κ3) is 4.90. The Bertz CT molecular complexity index is 625. The zero-order valence-electron chi connectivity index (χ0n) is 17.4. The van der Waals surface area contributed by atoms with Crippen molar-refractivity contribution in [2.75, 3.05) is 65.2 Å². The van der Waals surface area contributed by atoms with Gasteiger partial charge in [-0.1, -0.05) is 19.3 Å². The van der Waals surface area contributed by atoms with Gasteiger partial charge in [0.1, 0.15) is 0 Å².